The predicted octanol–water partition coefficient (Wildman–Crippen LogP) is 2.41. The van der Waals surface area contributed by atoms with Crippen molar-refractivity contribution in [2.24, 2.45) is 0 Å². The Morgan fingerprint density at radius 2 is 1.59 bits per heavy atom. The van der Waals surface area contributed by atoms with E-state index in [9.17, 15) is 8.42 Å². The summed E-state index contributed by atoms with van der Waals surface area (Å²) in [7, 11) is -0.643. The Bertz CT molecular complexity index is 777. The molecule has 0 atom stereocenters. The van der Waals surface area contributed by atoms with Gasteiger partial charge in [-0.3, -0.25) is 0 Å². The van der Waals surface area contributed by atoms with Crippen LogP contribution in [-0.2, 0) is 23.1 Å². The fraction of sp³-hybridized carbons (Fsp3) is 0.250. The largest absolute Gasteiger partial charge is 0.497 e. The predicted molar refractivity (Wildman–Crippen MR) is 82.4 cm³/mol. The second-order valence-electron chi connectivity index (χ2n) is 5.06. The molecule has 0 unspecified atom stereocenters. The van der Waals surface area contributed by atoms with Crippen LogP contribution in [0.15, 0.2) is 47.4 Å². The Kier molecular flexibility index (Phi) is 3.80. The lowest BCUT2D eigenvalue weighted by Crippen LogP contribution is -2.26. The number of rotatable bonds is 4. The van der Waals surface area contributed by atoms with Crippen molar-refractivity contribution in [3.8, 4) is 11.5 Å². The molecule has 0 spiro atoms. The van der Waals surface area contributed by atoms with Gasteiger partial charge in [-0.15, -0.1) is 0 Å². The third-order valence-electron chi connectivity index (χ3n) is 3.80. The van der Waals surface area contributed by atoms with Crippen molar-refractivity contribution >= 4 is 10.0 Å². The van der Waals surface area contributed by atoms with Gasteiger partial charge in [0.25, 0.3) is 0 Å². The van der Waals surface area contributed by atoms with Gasteiger partial charge in [0.2, 0.25) is 10.0 Å². The standard InChI is InChI=1S/C16H17NO4S/c1-20-14-7-8-16(15(9-14)21-2)22(18,19)17-10-12-5-3-4-6-13(12)11-17/h3-9H,10-11H2,1-2H3. The van der Waals surface area contributed by atoms with Crippen molar-refractivity contribution in [2.75, 3.05) is 14.2 Å². The average Bonchev–Trinajstić information content (AvgIpc) is 2.99. The molecule has 1 aliphatic heterocycles. The van der Waals surface area contributed by atoms with Gasteiger partial charge in [0.05, 0.1) is 14.2 Å². The summed E-state index contributed by atoms with van der Waals surface area (Å²) in [6, 6.07) is 12.5. The number of hydrogen-bond donors (Lipinski definition) is 0. The van der Waals surface area contributed by atoms with Crippen molar-refractivity contribution in [3.63, 3.8) is 0 Å². The molecule has 0 N–H and O–H groups in total. The quantitative estimate of drug-likeness (QED) is 0.868. The van der Waals surface area contributed by atoms with E-state index in [2.05, 4.69) is 0 Å². The molecule has 0 fully saturated rings. The molecule has 3 rings (SSSR count). The van der Waals surface area contributed by atoms with Crippen LogP contribution in [0.2, 0.25) is 0 Å². The summed E-state index contributed by atoms with van der Waals surface area (Å²) in [6.07, 6.45) is 0. The summed E-state index contributed by atoms with van der Waals surface area (Å²) in [4.78, 5) is 0.156. The van der Waals surface area contributed by atoms with Gasteiger partial charge in [-0.05, 0) is 23.3 Å². The lowest BCUT2D eigenvalue weighted by molar-refractivity contribution is 0.380. The maximum absolute atomic E-state index is 12.9. The zero-order valence-electron chi connectivity index (χ0n) is 12.4. The monoisotopic (exact) mass is 319 g/mol. The van der Waals surface area contributed by atoms with Crippen LogP contribution in [0.25, 0.3) is 0 Å². The van der Waals surface area contributed by atoms with Gasteiger partial charge in [-0.1, -0.05) is 24.3 Å². The van der Waals surface area contributed by atoms with Crippen LogP contribution in [-0.4, -0.2) is 26.9 Å². The third kappa shape index (κ3) is 2.44. The summed E-state index contributed by atoms with van der Waals surface area (Å²) in [5.41, 5.74) is 2.08. The Morgan fingerprint density at radius 3 is 2.14 bits per heavy atom. The molecule has 116 valence electrons. The van der Waals surface area contributed by atoms with Crippen LogP contribution in [0.4, 0.5) is 0 Å². The number of ether oxygens (including phenoxy) is 2. The lowest BCUT2D eigenvalue weighted by Gasteiger charge is -2.18. The minimum atomic E-state index is -3.62. The van der Waals surface area contributed by atoms with E-state index in [1.54, 1.807) is 12.1 Å². The van der Waals surface area contributed by atoms with E-state index in [1.165, 1.54) is 24.6 Å². The first kappa shape index (κ1) is 14.9. The highest BCUT2D eigenvalue weighted by Gasteiger charge is 2.32. The van der Waals surface area contributed by atoms with Crippen LogP contribution in [0, 0.1) is 0 Å². The Morgan fingerprint density at radius 1 is 0.955 bits per heavy atom. The SMILES string of the molecule is COc1ccc(S(=O)(=O)N2Cc3ccccc3C2)c(OC)c1. The van der Waals surface area contributed by atoms with Gasteiger partial charge in [0.1, 0.15) is 16.4 Å². The molecule has 6 heteroatoms. The minimum absolute atomic E-state index is 0.156. The molecule has 0 aliphatic carbocycles. The van der Waals surface area contributed by atoms with Crippen LogP contribution in [0.1, 0.15) is 11.1 Å². The molecule has 0 radical (unpaired) electrons. The van der Waals surface area contributed by atoms with Crippen LogP contribution < -0.4 is 9.47 Å². The molecule has 0 bridgehead atoms. The van der Waals surface area contributed by atoms with Gasteiger partial charge < -0.3 is 9.47 Å². The fourth-order valence-electron chi connectivity index (χ4n) is 2.60. The van der Waals surface area contributed by atoms with Crippen molar-refractivity contribution in [3.05, 3.63) is 53.6 Å². The van der Waals surface area contributed by atoms with Gasteiger partial charge in [0, 0.05) is 19.2 Å². The van der Waals surface area contributed by atoms with Crippen molar-refractivity contribution in [2.45, 2.75) is 18.0 Å². The molecular formula is C16H17NO4S. The van der Waals surface area contributed by atoms with Crippen LogP contribution in [0.5, 0.6) is 11.5 Å². The van der Waals surface area contributed by atoms with Crippen molar-refractivity contribution in [1.82, 2.24) is 4.31 Å². The molecule has 1 aliphatic rings. The number of benzene rings is 2. The Hall–Kier alpha value is -2.05. The van der Waals surface area contributed by atoms with E-state index in [1.807, 2.05) is 24.3 Å². The van der Waals surface area contributed by atoms with Crippen LogP contribution in [0.3, 0.4) is 0 Å². The maximum Gasteiger partial charge on any atom is 0.247 e. The fourth-order valence-corrected chi connectivity index (χ4v) is 4.13. The highest BCUT2D eigenvalue weighted by atomic mass is 32.2. The summed E-state index contributed by atoms with van der Waals surface area (Å²) in [6.45, 7) is 0.765. The minimum Gasteiger partial charge on any atom is -0.497 e. The van der Waals surface area contributed by atoms with Gasteiger partial charge in [-0.25, -0.2) is 8.42 Å². The van der Waals surface area contributed by atoms with E-state index < -0.39 is 10.0 Å². The van der Waals surface area contributed by atoms with E-state index in [4.69, 9.17) is 9.47 Å². The molecule has 0 aromatic heterocycles. The van der Waals surface area contributed by atoms with E-state index in [0.29, 0.717) is 18.8 Å². The van der Waals surface area contributed by atoms with Gasteiger partial charge in [0.15, 0.2) is 0 Å². The van der Waals surface area contributed by atoms with E-state index >= 15 is 0 Å². The molecule has 0 saturated heterocycles. The van der Waals surface area contributed by atoms with Crippen molar-refractivity contribution < 1.29 is 17.9 Å². The molecule has 0 saturated carbocycles. The summed E-state index contributed by atoms with van der Waals surface area (Å²) in [5.74, 6) is 0.843. The highest BCUT2D eigenvalue weighted by Crippen LogP contribution is 2.34. The second-order valence-corrected chi connectivity index (χ2v) is 6.96. The highest BCUT2D eigenvalue weighted by molar-refractivity contribution is 7.89. The van der Waals surface area contributed by atoms with Gasteiger partial charge >= 0.3 is 0 Å². The zero-order valence-corrected chi connectivity index (χ0v) is 13.3. The molecular weight excluding hydrogens is 302 g/mol. The second kappa shape index (κ2) is 5.62. The molecule has 2 aromatic rings. The van der Waals surface area contributed by atoms with E-state index in [0.717, 1.165) is 11.1 Å². The lowest BCUT2D eigenvalue weighted by atomic mass is 10.1. The average molecular weight is 319 g/mol. The molecule has 1 heterocycles. The first-order valence-corrected chi connectivity index (χ1v) is 8.29. The van der Waals surface area contributed by atoms with Crippen molar-refractivity contribution in [1.29, 1.82) is 0 Å². The maximum atomic E-state index is 12.9. The van der Waals surface area contributed by atoms with Gasteiger partial charge in [-0.2, -0.15) is 4.31 Å². The Labute approximate surface area is 130 Å². The zero-order chi connectivity index (χ0) is 15.7. The summed E-state index contributed by atoms with van der Waals surface area (Å²) in [5, 5.41) is 0. The first-order chi connectivity index (χ1) is 10.6. The summed E-state index contributed by atoms with van der Waals surface area (Å²) < 4.78 is 37.6. The van der Waals surface area contributed by atoms with E-state index in [-0.39, 0.29) is 10.6 Å². The molecule has 22 heavy (non-hydrogen) atoms. The molecule has 0 amide bonds. The topological polar surface area (TPSA) is 55.8 Å². The summed E-state index contributed by atoms with van der Waals surface area (Å²) >= 11 is 0. The Balaban J connectivity index is 1.98. The number of fused-ring (bicyclic) bond motifs is 1. The van der Waals surface area contributed by atoms with Crippen LogP contribution >= 0.6 is 0 Å². The first-order valence-electron chi connectivity index (χ1n) is 6.85. The number of sulfonamides is 1. The molecule has 2 aromatic carbocycles. The number of methoxy groups -OCH3 is 2. The normalized spacial score (nSPS) is 14.6. The third-order valence-corrected chi connectivity index (χ3v) is 5.63. The number of nitrogens with zero attached hydrogens (tertiary/aromatic N) is 1. The molecule has 5 nitrogen and oxygen atoms in total. The number of hydrogen-bond acceptors (Lipinski definition) is 4. The smallest absolute Gasteiger partial charge is 0.247 e.